The highest BCUT2D eigenvalue weighted by Gasteiger charge is 2.12. The Hall–Kier alpha value is -1.68. The minimum atomic E-state index is 0.932. The third kappa shape index (κ3) is 4.91. The van der Waals surface area contributed by atoms with Gasteiger partial charge >= 0.3 is 0 Å². The summed E-state index contributed by atoms with van der Waals surface area (Å²) >= 11 is 0. The van der Waals surface area contributed by atoms with Gasteiger partial charge in [-0.25, -0.2) is 0 Å². The Bertz CT molecular complexity index is 648. The lowest BCUT2D eigenvalue weighted by atomic mass is 9.91. The van der Waals surface area contributed by atoms with Gasteiger partial charge in [-0.15, -0.1) is 0 Å². The number of fused-ring (bicyclic) bond motifs is 2. The Morgan fingerprint density at radius 3 is 2.00 bits per heavy atom. The van der Waals surface area contributed by atoms with E-state index in [1.54, 1.807) is 0 Å². The van der Waals surface area contributed by atoms with Crippen molar-refractivity contribution in [2.45, 2.75) is 32.9 Å². The van der Waals surface area contributed by atoms with Crippen LogP contribution in [0.5, 0.6) is 0 Å². The lowest BCUT2D eigenvalue weighted by molar-refractivity contribution is 0.320. The van der Waals surface area contributed by atoms with Gasteiger partial charge in [0, 0.05) is 13.1 Å². The van der Waals surface area contributed by atoms with Crippen LogP contribution in [0.3, 0.4) is 0 Å². The van der Waals surface area contributed by atoms with Crippen LogP contribution in [0.4, 0.5) is 0 Å². The highest BCUT2D eigenvalue weighted by atomic mass is 15.1. The molecule has 0 amide bonds. The quantitative estimate of drug-likeness (QED) is 0.833. The Kier molecular flexibility index (Phi) is 6.62. The van der Waals surface area contributed by atoms with E-state index in [4.69, 9.17) is 0 Å². The number of hydrogen-bond acceptors (Lipinski definition) is 3. The van der Waals surface area contributed by atoms with Gasteiger partial charge in [-0.2, -0.15) is 0 Å². The summed E-state index contributed by atoms with van der Waals surface area (Å²) in [6.45, 7) is 8.54. The predicted octanol–water partition coefficient (Wildman–Crippen LogP) is 3.57. The normalized spacial score (nSPS) is 17.8. The zero-order valence-electron chi connectivity index (χ0n) is 15.6. The molecule has 0 spiro atoms. The van der Waals surface area contributed by atoms with Gasteiger partial charge < -0.3 is 15.5 Å². The molecule has 3 heteroatoms. The van der Waals surface area contributed by atoms with Crippen molar-refractivity contribution in [2.75, 3.05) is 33.2 Å². The van der Waals surface area contributed by atoms with Crippen molar-refractivity contribution in [1.29, 1.82) is 0 Å². The summed E-state index contributed by atoms with van der Waals surface area (Å²) in [7, 11) is 2.23. The van der Waals surface area contributed by atoms with E-state index < -0.39 is 0 Å². The Morgan fingerprint density at radius 1 is 0.800 bits per heavy atom. The largest absolute Gasteiger partial charge is 0.313 e. The van der Waals surface area contributed by atoms with Crippen molar-refractivity contribution in [3.63, 3.8) is 0 Å². The molecule has 2 aromatic carbocycles. The van der Waals surface area contributed by atoms with Crippen LogP contribution >= 0.6 is 0 Å². The molecule has 2 N–H and O–H groups in total. The van der Waals surface area contributed by atoms with E-state index in [1.807, 2.05) is 0 Å². The molecule has 0 atom stereocenters. The average Bonchev–Trinajstić information content (AvgIpc) is 2.61. The van der Waals surface area contributed by atoms with Crippen molar-refractivity contribution >= 4 is 0 Å². The molecule has 25 heavy (non-hydrogen) atoms. The lowest BCUT2D eigenvalue weighted by Gasteiger charge is -2.20. The maximum absolute atomic E-state index is 3.65. The summed E-state index contributed by atoms with van der Waals surface area (Å²) < 4.78 is 0. The molecule has 1 aliphatic heterocycles. The fraction of sp³-hybridized carbons (Fsp3) is 0.455. The first kappa shape index (κ1) is 18.1. The maximum atomic E-state index is 3.65. The van der Waals surface area contributed by atoms with Crippen LogP contribution in [-0.4, -0.2) is 38.1 Å². The third-order valence-corrected chi connectivity index (χ3v) is 5.07. The molecule has 0 fully saturated rings. The third-order valence-electron chi connectivity index (χ3n) is 5.07. The average molecular weight is 338 g/mol. The number of nitrogens with zero attached hydrogens (tertiary/aromatic N) is 1. The number of aryl methyl sites for hydroxylation is 1. The van der Waals surface area contributed by atoms with E-state index in [-0.39, 0.29) is 0 Å². The molecule has 0 unspecified atom stereocenters. The zero-order valence-corrected chi connectivity index (χ0v) is 15.6. The number of rotatable bonds is 1. The highest BCUT2D eigenvalue weighted by molar-refractivity contribution is 5.74. The van der Waals surface area contributed by atoms with Gasteiger partial charge in [-0.3, -0.25) is 0 Å². The number of nitrogens with one attached hydrogen (secondary N) is 2. The van der Waals surface area contributed by atoms with Crippen molar-refractivity contribution in [3.8, 4) is 11.1 Å². The van der Waals surface area contributed by atoms with E-state index in [0.29, 0.717) is 0 Å². The van der Waals surface area contributed by atoms with E-state index in [1.165, 1.54) is 40.7 Å². The first-order chi connectivity index (χ1) is 12.3. The van der Waals surface area contributed by atoms with Gasteiger partial charge in [0.1, 0.15) is 0 Å². The molecular weight excluding hydrogens is 306 g/mol. The number of benzene rings is 2. The smallest absolute Gasteiger partial charge is 0.0211 e. The monoisotopic (exact) mass is 337 g/mol. The second-order valence-corrected chi connectivity index (χ2v) is 7.13. The standard InChI is InChI=1S/C22H31N3/c1-18-8-3-4-11-21(18)22-19-9-5-10-20(22)17-24-13-7-15-25(2)14-6-12-23-16-19/h3-5,8-11,23-24H,6-7,12-17H2,1-2H3. The fourth-order valence-corrected chi connectivity index (χ4v) is 3.65. The second kappa shape index (κ2) is 9.14. The van der Waals surface area contributed by atoms with Crippen molar-refractivity contribution in [2.24, 2.45) is 0 Å². The summed E-state index contributed by atoms with van der Waals surface area (Å²) in [5, 5.41) is 7.30. The van der Waals surface area contributed by atoms with E-state index >= 15 is 0 Å². The van der Waals surface area contributed by atoms with E-state index in [2.05, 4.69) is 72.0 Å². The molecule has 3 rings (SSSR count). The van der Waals surface area contributed by atoms with Crippen molar-refractivity contribution in [3.05, 3.63) is 59.2 Å². The van der Waals surface area contributed by atoms with Crippen molar-refractivity contribution < 1.29 is 0 Å². The van der Waals surface area contributed by atoms with Crippen LogP contribution in [0.1, 0.15) is 29.5 Å². The Balaban J connectivity index is 1.91. The number of hydrogen-bond donors (Lipinski definition) is 2. The van der Waals surface area contributed by atoms with Crippen LogP contribution in [0, 0.1) is 6.92 Å². The summed E-state index contributed by atoms with van der Waals surface area (Å²) in [5.74, 6) is 0. The fourth-order valence-electron chi connectivity index (χ4n) is 3.65. The van der Waals surface area contributed by atoms with Gasteiger partial charge in [0.15, 0.2) is 0 Å². The van der Waals surface area contributed by atoms with E-state index in [9.17, 15) is 0 Å². The first-order valence-electron chi connectivity index (χ1n) is 9.52. The molecule has 2 bridgehead atoms. The molecule has 0 saturated heterocycles. The molecule has 0 radical (unpaired) electrons. The second-order valence-electron chi connectivity index (χ2n) is 7.13. The Labute approximate surface area is 152 Å². The predicted molar refractivity (Wildman–Crippen MR) is 107 cm³/mol. The Morgan fingerprint density at radius 2 is 1.40 bits per heavy atom. The molecule has 134 valence electrons. The molecule has 1 aliphatic rings. The van der Waals surface area contributed by atoms with Gasteiger partial charge in [0.25, 0.3) is 0 Å². The van der Waals surface area contributed by atoms with Gasteiger partial charge in [-0.1, -0.05) is 42.5 Å². The lowest BCUT2D eigenvalue weighted by Crippen LogP contribution is -2.28. The minimum Gasteiger partial charge on any atom is -0.313 e. The van der Waals surface area contributed by atoms with Crippen LogP contribution < -0.4 is 10.6 Å². The molecule has 1 heterocycles. The molecule has 0 aromatic heterocycles. The van der Waals surface area contributed by atoms with Gasteiger partial charge in [0.05, 0.1) is 0 Å². The minimum absolute atomic E-state index is 0.932. The molecule has 2 aromatic rings. The SMILES string of the molecule is Cc1ccccc1-c1c2cccc1CNCCCN(C)CCCNC2. The summed E-state index contributed by atoms with van der Waals surface area (Å²) in [6.07, 6.45) is 2.40. The van der Waals surface area contributed by atoms with Gasteiger partial charge in [-0.05, 0) is 80.8 Å². The summed E-state index contributed by atoms with van der Waals surface area (Å²) in [4.78, 5) is 2.44. The molecule has 3 nitrogen and oxygen atoms in total. The van der Waals surface area contributed by atoms with Crippen LogP contribution in [0.25, 0.3) is 11.1 Å². The van der Waals surface area contributed by atoms with Crippen molar-refractivity contribution in [1.82, 2.24) is 15.5 Å². The maximum Gasteiger partial charge on any atom is 0.0211 e. The highest BCUT2D eigenvalue weighted by Crippen LogP contribution is 2.30. The molecule has 0 saturated carbocycles. The topological polar surface area (TPSA) is 27.3 Å². The van der Waals surface area contributed by atoms with E-state index in [0.717, 1.165) is 39.3 Å². The molecular formula is C22H31N3. The van der Waals surface area contributed by atoms with Crippen LogP contribution in [-0.2, 0) is 13.1 Å². The summed E-state index contributed by atoms with van der Waals surface area (Å²) in [5.41, 5.74) is 6.93. The van der Waals surface area contributed by atoms with Crippen LogP contribution in [0.2, 0.25) is 0 Å². The summed E-state index contributed by atoms with van der Waals surface area (Å²) in [6, 6.07) is 15.5. The first-order valence-corrected chi connectivity index (χ1v) is 9.52. The van der Waals surface area contributed by atoms with Gasteiger partial charge in [0.2, 0.25) is 0 Å². The molecule has 0 aliphatic carbocycles. The zero-order chi connectivity index (χ0) is 17.5. The van der Waals surface area contributed by atoms with Crippen LogP contribution in [0.15, 0.2) is 42.5 Å².